The van der Waals surface area contributed by atoms with Gasteiger partial charge in [-0.2, -0.15) is 4.99 Å². The summed E-state index contributed by atoms with van der Waals surface area (Å²) in [7, 11) is 0. The number of hydrogen-bond acceptors (Lipinski definition) is 4. The predicted octanol–water partition coefficient (Wildman–Crippen LogP) is 4.58. The van der Waals surface area contributed by atoms with E-state index in [2.05, 4.69) is 22.2 Å². The molecule has 0 spiro atoms. The Kier molecular flexibility index (Phi) is 5.28. The summed E-state index contributed by atoms with van der Waals surface area (Å²) in [6.07, 6.45) is 7.97. The van der Waals surface area contributed by atoms with Gasteiger partial charge < -0.3 is 15.2 Å². The number of carbonyl (C=O) groups excluding carboxylic acids is 2. The van der Waals surface area contributed by atoms with Gasteiger partial charge in [-0.15, -0.1) is 0 Å². The molecule has 33 heavy (non-hydrogen) atoms. The molecule has 1 saturated heterocycles. The highest BCUT2D eigenvalue weighted by atomic mass is 32.2. The van der Waals surface area contributed by atoms with Crippen molar-refractivity contribution < 1.29 is 9.59 Å². The van der Waals surface area contributed by atoms with Gasteiger partial charge in [0.2, 0.25) is 0 Å². The third-order valence-electron chi connectivity index (χ3n) is 8.36. The smallest absolute Gasteiger partial charge is 0.270 e. The van der Waals surface area contributed by atoms with E-state index in [4.69, 9.17) is 0 Å². The fourth-order valence-corrected chi connectivity index (χ4v) is 7.73. The number of likely N-dealkylation sites (tertiary alicyclic amines) is 1. The van der Waals surface area contributed by atoms with Crippen LogP contribution in [-0.4, -0.2) is 50.7 Å². The van der Waals surface area contributed by atoms with E-state index in [-0.39, 0.29) is 11.8 Å². The Morgan fingerprint density at radius 1 is 1.21 bits per heavy atom. The van der Waals surface area contributed by atoms with Crippen molar-refractivity contribution in [2.75, 3.05) is 13.1 Å². The van der Waals surface area contributed by atoms with E-state index < -0.39 is 4.75 Å². The summed E-state index contributed by atoms with van der Waals surface area (Å²) >= 11 is 1.64. The van der Waals surface area contributed by atoms with Crippen molar-refractivity contribution in [1.82, 2.24) is 15.2 Å². The maximum atomic E-state index is 13.0. The second-order valence-electron chi connectivity index (χ2n) is 10.7. The highest BCUT2D eigenvalue weighted by Gasteiger charge is 2.46. The topological polar surface area (TPSA) is 77.6 Å². The number of nitrogens with one attached hydrogen (secondary N) is 2. The minimum Gasteiger partial charge on any atom is -0.361 e. The van der Waals surface area contributed by atoms with Crippen LogP contribution in [0.2, 0.25) is 0 Å². The summed E-state index contributed by atoms with van der Waals surface area (Å²) in [5, 5.41) is 5.52. The molecule has 3 heterocycles. The number of para-hydroxylation sites is 1. The van der Waals surface area contributed by atoms with Crippen LogP contribution in [0.15, 0.2) is 35.3 Å². The summed E-state index contributed by atoms with van der Waals surface area (Å²) in [5.41, 5.74) is 1.66. The van der Waals surface area contributed by atoms with E-state index in [9.17, 15) is 9.59 Å². The van der Waals surface area contributed by atoms with Crippen LogP contribution in [0.25, 0.3) is 10.9 Å². The van der Waals surface area contributed by atoms with Gasteiger partial charge >= 0.3 is 0 Å². The molecule has 0 radical (unpaired) electrons. The van der Waals surface area contributed by atoms with Crippen LogP contribution in [-0.2, 0) is 4.79 Å². The summed E-state index contributed by atoms with van der Waals surface area (Å²) in [4.78, 5) is 35.5. The summed E-state index contributed by atoms with van der Waals surface area (Å²) < 4.78 is -0.478. The molecule has 2 aliphatic heterocycles. The van der Waals surface area contributed by atoms with Crippen LogP contribution in [0.1, 0.15) is 62.4 Å². The largest absolute Gasteiger partial charge is 0.361 e. The number of amides is 2. The highest BCUT2D eigenvalue weighted by Crippen LogP contribution is 2.46. The van der Waals surface area contributed by atoms with E-state index >= 15 is 0 Å². The summed E-state index contributed by atoms with van der Waals surface area (Å²) in [6.45, 7) is 3.54. The predicted molar refractivity (Wildman–Crippen MR) is 132 cm³/mol. The van der Waals surface area contributed by atoms with Gasteiger partial charge in [-0.25, -0.2) is 0 Å². The standard InChI is InChI=1S/C26H32N4O2S/c1-26(24(32)29-25(33-26)28-21-13-17-6-7-19(21)12-17)15-16-8-10-30(11-9-16)23(31)22-14-18-4-2-3-5-20(18)27-22/h2-5,14,16-17,19,21,27H,6-13,15H2,1H3,(H,28,29,32)/t17-,19?,21+,26?/m1/s1. The molecule has 1 aromatic carbocycles. The molecule has 2 unspecified atom stereocenters. The van der Waals surface area contributed by atoms with Crippen molar-refractivity contribution in [3.8, 4) is 0 Å². The van der Waals surface area contributed by atoms with Crippen LogP contribution in [0.4, 0.5) is 0 Å². The Bertz CT molecular complexity index is 1090. The average Bonchev–Trinajstić information content (AvgIpc) is 3.58. The first-order valence-corrected chi connectivity index (χ1v) is 13.2. The molecule has 2 aromatic rings. The number of rotatable bonds is 4. The molecule has 6 nitrogen and oxygen atoms in total. The van der Waals surface area contributed by atoms with E-state index in [1.807, 2.05) is 35.2 Å². The number of aliphatic imine (C=N–C) groups is 1. The number of amidine groups is 1. The monoisotopic (exact) mass is 464 g/mol. The van der Waals surface area contributed by atoms with Crippen LogP contribution < -0.4 is 5.32 Å². The minimum atomic E-state index is -0.478. The van der Waals surface area contributed by atoms with Gasteiger partial charge in [0, 0.05) is 30.0 Å². The van der Waals surface area contributed by atoms with Crippen LogP contribution in [0.5, 0.6) is 0 Å². The first-order chi connectivity index (χ1) is 16.0. The van der Waals surface area contributed by atoms with Crippen molar-refractivity contribution in [3.63, 3.8) is 0 Å². The molecular formula is C26H32N4O2S. The lowest BCUT2D eigenvalue weighted by molar-refractivity contribution is -0.119. The fraction of sp³-hybridized carbons (Fsp3) is 0.577. The molecule has 4 aliphatic rings. The van der Waals surface area contributed by atoms with Crippen molar-refractivity contribution in [1.29, 1.82) is 0 Å². The highest BCUT2D eigenvalue weighted by molar-refractivity contribution is 8.16. The van der Waals surface area contributed by atoms with Gasteiger partial charge in [0.05, 0.1) is 0 Å². The lowest BCUT2D eigenvalue weighted by Gasteiger charge is -2.34. The summed E-state index contributed by atoms with van der Waals surface area (Å²) in [5.74, 6) is 2.16. The number of hydrogen-bond donors (Lipinski definition) is 2. The van der Waals surface area contributed by atoms with E-state index in [1.165, 1.54) is 25.7 Å². The Labute approximate surface area is 199 Å². The third kappa shape index (κ3) is 3.98. The zero-order valence-electron chi connectivity index (χ0n) is 19.2. The zero-order valence-corrected chi connectivity index (χ0v) is 20.0. The molecule has 2 aliphatic carbocycles. The number of H-pyrrole nitrogens is 1. The first kappa shape index (κ1) is 21.3. The molecule has 2 bridgehead atoms. The maximum absolute atomic E-state index is 13.0. The van der Waals surface area contributed by atoms with Crippen molar-refractivity contribution in [3.05, 3.63) is 36.0 Å². The van der Waals surface area contributed by atoms with Crippen LogP contribution in [0.3, 0.4) is 0 Å². The van der Waals surface area contributed by atoms with E-state index in [0.717, 1.165) is 60.3 Å². The zero-order chi connectivity index (χ0) is 22.6. The summed E-state index contributed by atoms with van der Waals surface area (Å²) in [6, 6.07) is 10.4. The number of benzene rings is 1. The molecule has 4 atom stereocenters. The number of piperidine rings is 1. The van der Waals surface area contributed by atoms with Gasteiger partial charge in [-0.3, -0.25) is 9.59 Å². The van der Waals surface area contributed by atoms with E-state index in [1.54, 1.807) is 11.8 Å². The van der Waals surface area contributed by atoms with Gasteiger partial charge in [-0.05, 0) is 75.3 Å². The fourth-order valence-electron chi connectivity index (χ4n) is 6.51. The number of thioether (sulfide) groups is 1. The Balaban J connectivity index is 1.03. The lowest BCUT2D eigenvalue weighted by Crippen LogP contribution is -2.41. The molecular weight excluding hydrogens is 432 g/mol. The lowest BCUT2D eigenvalue weighted by atomic mass is 9.87. The SMILES string of the molecule is CC1(CC2CCN(C(=O)c3cc4ccccc4[nH]3)CC2)SC(N[C@H]2C[C@@H]3CCC2C3)=NC1=O. The molecule has 1 aromatic heterocycles. The Hall–Kier alpha value is -2.28. The second kappa shape index (κ2) is 8.19. The van der Waals surface area contributed by atoms with Gasteiger partial charge in [0.25, 0.3) is 11.8 Å². The Morgan fingerprint density at radius 2 is 2.03 bits per heavy atom. The van der Waals surface area contributed by atoms with E-state index in [0.29, 0.717) is 17.7 Å². The maximum Gasteiger partial charge on any atom is 0.270 e. The van der Waals surface area contributed by atoms with Crippen molar-refractivity contribution in [2.45, 2.75) is 62.7 Å². The number of fused-ring (bicyclic) bond motifs is 3. The minimum absolute atomic E-state index is 0.00902. The molecule has 6 rings (SSSR count). The average molecular weight is 465 g/mol. The van der Waals surface area contributed by atoms with Crippen LogP contribution >= 0.6 is 11.8 Å². The third-order valence-corrected chi connectivity index (χ3v) is 9.56. The number of nitrogens with zero attached hydrogens (tertiary/aromatic N) is 2. The van der Waals surface area contributed by atoms with Gasteiger partial charge in [0.1, 0.15) is 10.4 Å². The van der Waals surface area contributed by atoms with Crippen molar-refractivity contribution in [2.24, 2.45) is 22.7 Å². The van der Waals surface area contributed by atoms with Crippen LogP contribution in [0, 0.1) is 17.8 Å². The Morgan fingerprint density at radius 3 is 2.76 bits per heavy atom. The number of aromatic amines is 1. The quantitative estimate of drug-likeness (QED) is 0.695. The van der Waals surface area contributed by atoms with Gasteiger partial charge in [-0.1, -0.05) is 36.4 Å². The molecule has 2 amide bonds. The second-order valence-corrected chi connectivity index (χ2v) is 12.2. The van der Waals surface area contributed by atoms with Gasteiger partial charge in [0.15, 0.2) is 5.17 Å². The molecule has 2 N–H and O–H groups in total. The first-order valence-electron chi connectivity index (χ1n) is 12.4. The molecule has 2 saturated carbocycles. The normalized spacial score (nSPS) is 32.0. The number of carbonyl (C=O) groups is 2. The molecule has 3 fully saturated rings. The molecule has 7 heteroatoms. The molecule has 174 valence electrons. The number of aromatic nitrogens is 1. The van der Waals surface area contributed by atoms with Crippen molar-refractivity contribution >= 4 is 39.6 Å².